The Labute approximate surface area is 223 Å². The number of nitrogens with one attached hydrogen (secondary N) is 2. The van der Waals surface area contributed by atoms with E-state index >= 15 is 0 Å². The number of benzene rings is 3. The number of amides is 1. The van der Waals surface area contributed by atoms with Gasteiger partial charge in [-0.15, -0.1) is 0 Å². The van der Waals surface area contributed by atoms with Gasteiger partial charge < -0.3 is 19.4 Å². The molecule has 0 spiro atoms. The van der Waals surface area contributed by atoms with E-state index in [1.807, 2.05) is 35.2 Å². The third kappa shape index (κ3) is 5.48. The first kappa shape index (κ1) is 25.3. The molecule has 1 amide bonds. The van der Waals surface area contributed by atoms with Crippen LogP contribution < -0.4 is 15.5 Å². The molecule has 5 rings (SSSR count). The van der Waals surface area contributed by atoms with Gasteiger partial charge in [-0.1, -0.05) is 13.0 Å². The molecule has 1 aliphatic rings. The van der Waals surface area contributed by atoms with Gasteiger partial charge in [-0.05, 0) is 66.7 Å². The third-order valence-corrected chi connectivity index (χ3v) is 6.47. The second-order valence-electron chi connectivity index (χ2n) is 8.72. The van der Waals surface area contributed by atoms with Crippen LogP contribution in [0.15, 0.2) is 65.1 Å². The molecule has 2 heterocycles. The molecule has 3 aromatic carbocycles. The first-order valence-corrected chi connectivity index (χ1v) is 12.6. The highest BCUT2D eigenvalue weighted by Crippen LogP contribution is 2.28. The maximum Gasteiger partial charge on any atom is 0.270 e. The van der Waals surface area contributed by atoms with E-state index in [9.17, 15) is 14.9 Å². The molecule has 0 bridgehead atoms. The zero-order chi connectivity index (χ0) is 26.6. The molecule has 194 valence electrons. The summed E-state index contributed by atoms with van der Waals surface area (Å²) in [7, 11) is 0. The number of aryl methyl sites for hydroxylation is 1. The van der Waals surface area contributed by atoms with Crippen molar-refractivity contribution in [1.82, 2.24) is 10.3 Å². The number of rotatable bonds is 6. The fourth-order valence-corrected chi connectivity index (χ4v) is 4.46. The third-order valence-electron chi connectivity index (χ3n) is 6.26. The Bertz CT molecular complexity index is 1510. The lowest BCUT2D eigenvalue weighted by Gasteiger charge is -2.30. The molecule has 0 radical (unpaired) electrons. The van der Waals surface area contributed by atoms with E-state index < -0.39 is 10.8 Å². The number of fused-ring (bicyclic) bond motifs is 1. The SMILES string of the molecule is CCc1ccc2oc(-c3ccc(NC(=S)NC(=O)c4cc([N+](=O)[O-])ccc4N4CCOCC4)cc3)nc2c1. The predicted octanol–water partition coefficient (Wildman–Crippen LogP) is 4.93. The van der Waals surface area contributed by atoms with Gasteiger partial charge in [0.25, 0.3) is 11.6 Å². The molecular weight excluding hydrogens is 506 g/mol. The molecule has 0 unspecified atom stereocenters. The number of nitro benzene ring substituents is 1. The quantitative estimate of drug-likeness (QED) is 0.203. The number of morpholine rings is 1. The molecular formula is C27H25N5O5S. The van der Waals surface area contributed by atoms with Gasteiger partial charge in [-0.25, -0.2) is 4.98 Å². The summed E-state index contributed by atoms with van der Waals surface area (Å²) in [5.74, 6) is -0.0285. The Morgan fingerprint density at radius 3 is 2.58 bits per heavy atom. The fourth-order valence-electron chi connectivity index (χ4n) is 4.24. The Balaban J connectivity index is 1.28. The number of hydrogen-bond donors (Lipinski definition) is 2. The molecule has 2 N–H and O–H groups in total. The van der Waals surface area contributed by atoms with Crippen molar-refractivity contribution >= 4 is 51.4 Å². The number of nitrogens with zero attached hydrogens (tertiary/aromatic N) is 3. The average molecular weight is 532 g/mol. The van der Waals surface area contributed by atoms with Crippen molar-refractivity contribution in [2.45, 2.75) is 13.3 Å². The Morgan fingerprint density at radius 2 is 1.87 bits per heavy atom. The summed E-state index contributed by atoms with van der Waals surface area (Å²) in [6.07, 6.45) is 0.921. The van der Waals surface area contributed by atoms with Crippen LogP contribution in [-0.4, -0.2) is 47.2 Å². The lowest BCUT2D eigenvalue weighted by atomic mass is 10.1. The number of oxazole rings is 1. The van der Waals surface area contributed by atoms with Gasteiger partial charge in [0.1, 0.15) is 5.52 Å². The second-order valence-corrected chi connectivity index (χ2v) is 9.13. The molecule has 0 aliphatic carbocycles. The summed E-state index contributed by atoms with van der Waals surface area (Å²) in [4.78, 5) is 30.5. The number of non-ortho nitro benzene ring substituents is 1. The van der Waals surface area contributed by atoms with Crippen molar-refractivity contribution in [3.05, 3.63) is 81.9 Å². The van der Waals surface area contributed by atoms with E-state index in [1.54, 1.807) is 18.2 Å². The minimum absolute atomic E-state index is 0.0659. The maximum absolute atomic E-state index is 13.1. The van der Waals surface area contributed by atoms with Crippen molar-refractivity contribution in [2.24, 2.45) is 0 Å². The van der Waals surface area contributed by atoms with Crippen LogP contribution in [-0.2, 0) is 11.2 Å². The summed E-state index contributed by atoms with van der Waals surface area (Å²) < 4.78 is 11.3. The van der Waals surface area contributed by atoms with Crippen molar-refractivity contribution in [3.63, 3.8) is 0 Å². The van der Waals surface area contributed by atoms with E-state index in [2.05, 4.69) is 22.5 Å². The van der Waals surface area contributed by atoms with Gasteiger partial charge in [0.15, 0.2) is 10.7 Å². The molecule has 10 nitrogen and oxygen atoms in total. The van der Waals surface area contributed by atoms with Gasteiger partial charge in [-0.2, -0.15) is 0 Å². The van der Waals surface area contributed by atoms with Crippen LogP contribution in [0.5, 0.6) is 0 Å². The van der Waals surface area contributed by atoms with Crippen LogP contribution in [0, 0.1) is 10.1 Å². The zero-order valence-electron chi connectivity index (χ0n) is 20.6. The highest BCUT2D eigenvalue weighted by molar-refractivity contribution is 7.80. The van der Waals surface area contributed by atoms with Crippen molar-refractivity contribution < 1.29 is 18.9 Å². The average Bonchev–Trinajstić information content (AvgIpc) is 3.37. The molecule has 38 heavy (non-hydrogen) atoms. The Kier molecular flexibility index (Phi) is 7.29. The number of aromatic nitrogens is 1. The smallest absolute Gasteiger partial charge is 0.270 e. The molecule has 1 aromatic heterocycles. The zero-order valence-corrected chi connectivity index (χ0v) is 21.4. The van der Waals surface area contributed by atoms with Gasteiger partial charge in [0, 0.05) is 36.5 Å². The van der Waals surface area contributed by atoms with Gasteiger partial charge >= 0.3 is 0 Å². The lowest BCUT2D eigenvalue weighted by molar-refractivity contribution is -0.384. The van der Waals surface area contributed by atoms with Gasteiger partial charge in [-0.3, -0.25) is 20.2 Å². The van der Waals surface area contributed by atoms with Crippen molar-refractivity contribution in [2.75, 3.05) is 36.5 Å². The minimum atomic E-state index is -0.540. The second kappa shape index (κ2) is 11.0. The number of thiocarbonyl (C=S) groups is 1. The highest BCUT2D eigenvalue weighted by Gasteiger charge is 2.22. The van der Waals surface area contributed by atoms with Crippen LogP contribution in [0.2, 0.25) is 0 Å². The number of carbonyl (C=O) groups excluding carboxylic acids is 1. The normalized spacial score (nSPS) is 13.3. The molecule has 0 saturated carbocycles. The van der Waals surface area contributed by atoms with E-state index in [0.29, 0.717) is 43.6 Å². The molecule has 0 atom stereocenters. The van der Waals surface area contributed by atoms with E-state index in [1.165, 1.54) is 17.7 Å². The number of anilines is 2. The summed E-state index contributed by atoms with van der Waals surface area (Å²) >= 11 is 5.35. The summed E-state index contributed by atoms with van der Waals surface area (Å²) in [5, 5.41) is 17.0. The van der Waals surface area contributed by atoms with Crippen LogP contribution in [0.1, 0.15) is 22.8 Å². The molecule has 11 heteroatoms. The first-order valence-electron chi connectivity index (χ1n) is 12.1. The number of hydrogen-bond acceptors (Lipinski definition) is 8. The minimum Gasteiger partial charge on any atom is -0.436 e. The first-order chi connectivity index (χ1) is 18.4. The Morgan fingerprint density at radius 1 is 1.11 bits per heavy atom. The largest absolute Gasteiger partial charge is 0.436 e. The highest BCUT2D eigenvalue weighted by atomic mass is 32.1. The number of nitro groups is 1. The van der Waals surface area contributed by atoms with E-state index in [0.717, 1.165) is 23.1 Å². The molecule has 1 aliphatic heterocycles. The fraction of sp³-hybridized carbons (Fsp3) is 0.222. The predicted molar refractivity (Wildman–Crippen MR) is 149 cm³/mol. The van der Waals surface area contributed by atoms with Crippen molar-refractivity contribution in [1.29, 1.82) is 0 Å². The van der Waals surface area contributed by atoms with Crippen molar-refractivity contribution in [3.8, 4) is 11.5 Å². The summed E-state index contributed by atoms with van der Waals surface area (Å²) in [5.41, 5.74) is 4.75. The van der Waals surface area contributed by atoms with Crippen LogP contribution >= 0.6 is 12.2 Å². The van der Waals surface area contributed by atoms with E-state index in [4.69, 9.17) is 21.4 Å². The molecule has 1 fully saturated rings. The van der Waals surface area contributed by atoms with Crippen LogP contribution in [0.3, 0.4) is 0 Å². The summed E-state index contributed by atoms with van der Waals surface area (Å²) in [6.45, 7) is 4.27. The van der Waals surface area contributed by atoms with Crippen LogP contribution in [0.25, 0.3) is 22.6 Å². The molecule has 1 saturated heterocycles. The topological polar surface area (TPSA) is 123 Å². The monoisotopic (exact) mass is 531 g/mol. The summed E-state index contributed by atoms with van der Waals surface area (Å²) in [6, 6.07) is 17.5. The number of ether oxygens (including phenoxy) is 1. The van der Waals surface area contributed by atoms with E-state index in [-0.39, 0.29) is 16.4 Å². The van der Waals surface area contributed by atoms with Crippen LogP contribution in [0.4, 0.5) is 17.1 Å². The Hall–Kier alpha value is -4.35. The standard InChI is InChI=1S/C27H25N5O5S/c1-2-17-3-10-24-22(15-17)29-26(37-24)18-4-6-19(7-5-18)28-27(38)30-25(33)21-16-20(32(34)35)8-9-23(21)31-11-13-36-14-12-31/h3-10,15-16H,2,11-14H2,1H3,(H2,28,30,33,38). The van der Waals surface area contributed by atoms with Gasteiger partial charge in [0.2, 0.25) is 5.89 Å². The number of carbonyl (C=O) groups is 1. The molecule has 4 aromatic rings. The maximum atomic E-state index is 13.1. The lowest BCUT2D eigenvalue weighted by Crippen LogP contribution is -2.39. The van der Waals surface area contributed by atoms with Gasteiger partial charge in [0.05, 0.1) is 29.4 Å².